The quantitative estimate of drug-likeness (QED) is 0.693. The lowest BCUT2D eigenvalue weighted by Crippen LogP contribution is -2.37. The molecular weight excluding hydrogens is 300 g/mol. The van der Waals surface area contributed by atoms with E-state index in [1.807, 2.05) is 54.6 Å². The fourth-order valence-corrected chi connectivity index (χ4v) is 3.45. The summed E-state index contributed by atoms with van der Waals surface area (Å²) in [6, 6.07) is 7.97. The van der Waals surface area contributed by atoms with Crippen LogP contribution in [-0.4, -0.2) is 31.9 Å². The van der Waals surface area contributed by atoms with Gasteiger partial charge < -0.3 is 4.90 Å². The highest BCUT2D eigenvalue weighted by atomic mass is 16.2. The van der Waals surface area contributed by atoms with E-state index in [0.717, 1.165) is 40.1 Å². The number of amides is 1. The number of hydrogen-bond acceptors (Lipinski definition) is 3. The lowest BCUT2D eigenvalue weighted by molar-refractivity contribution is 0.0732. The maximum absolute atomic E-state index is 12.9. The van der Waals surface area contributed by atoms with Crippen LogP contribution < -0.4 is 0 Å². The third-order valence-electron chi connectivity index (χ3n) is 4.67. The molecule has 0 saturated heterocycles. The molecule has 5 nitrogen and oxygen atoms in total. The molecular formula is C19H20N4O. The molecule has 0 spiro atoms. The van der Waals surface area contributed by atoms with Gasteiger partial charge in [-0.3, -0.25) is 4.79 Å². The molecule has 0 unspecified atom stereocenters. The highest BCUT2D eigenvalue weighted by Gasteiger charge is 2.25. The molecule has 1 aromatic carbocycles. The highest BCUT2D eigenvalue weighted by Crippen LogP contribution is 2.22. The summed E-state index contributed by atoms with van der Waals surface area (Å²) in [6.45, 7) is 7.30. The van der Waals surface area contributed by atoms with Gasteiger partial charge >= 0.3 is 0 Å². The first-order valence-electron chi connectivity index (χ1n) is 8.22. The van der Waals surface area contributed by atoms with Crippen molar-refractivity contribution in [3.05, 3.63) is 64.1 Å². The monoisotopic (exact) mass is 320 g/mol. The molecule has 0 fully saturated rings. The predicted molar refractivity (Wildman–Crippen MR) is 92.1 cm³/mol. The molecule has 1 amide bonds. The van der Waals surface area contributed by atoms with Gasteiger partial charge in [-0.25, -0.2) is 9.50 Å². The number of carbonyl (C=O) groups is 1. The van der Waals surface area contributed by atoms with Crippen molar-refractivity contribution in [2.24, 2.45) is 0 Å². The van der Waals surface area contributed by atoms with Crippen molar-refractivity contribution in [2.45, 2.75) is 33.7 Å². The molecule has 0 aliphatic carbocycles. The molecule has 0 bridgehead atoms. The minimum absolute atomic E-state index is 0.0925. The maximum atomic E-state index is 12.9. The summed E-state index contributed by atoms with van der Waals surface area (Å²) in [5, 5.41) is 4.53. The van der Waals surface area contributed by atoms with Gasteiger partial charge in [0.05, 0.1) is 11.4 Å². The number of aromatic nitrogens is 3. The zero-order valence-corrected chi connectivity index (χ0v) is 14.2. The summed E-state index contributed by atoms with van der Waals surface area (Å²) < 4.78 is 1.92. The van der Waals surface area contributed by atoms with Gasteiger partial charge in [0, 0.05) is 42.9 Å². The second-order valence-electron chi connectivity index (χ2n) is 6.58. The van der Waals surface area contributed by atoms with Crippen LogP contribution in [0.2, 0.25) is 0 Å². The summed E-state index contributed by atoms with van der Waals surface area (Å²) in [6.07, 6.45) is 2.68. The third kappa shape index (κ3) is 2.37. The normalized spacial score (nSPS) is 14.0. The van der Waals surface area contributed by atoms with E-state index >= 15 is 0 Å². The van der Waals surface area contributed by atoms with Crippen molar-refractivity contribution in [3.8, 4) is 0 Å². The van der Waals surface area contributed by atoms with E-state index in [9.17, 15) is 4.79 Å². The lowest BCUT2D eigenvalue weighted by Gasteiger charge is -2.29. The van der Waals surface area contributed by atoms with Crippen molar-refractivity contribution in [2.75, 3.05) is 6.54 Å². The van der Waals surface area contributed by atoms with Crippen LogP contribution in [-0.2, 0) is 13.0 Å². The number of nitrogens with zero attached hydrogens (tertiary/aromatic N) is 4. The Labute approximate surface area is 140 Å². The van der Waals surface area contributed by atoms with Crippen molar-refractivity contribution in [1.29, 1.82) is 0 Å². The zero-order chi connectivity index (χ0) is 16.8. The van der Waals surface area contributed by atoms with Gasteiger partial charge in [0.25, 0.3) is 5.91 Å². The minimum atomic E-state index is 0.0925. The number of carbonyl (C=O) groups excluding carboxylic acids is 1. The summed E-state index contributed by atoms with van der Waals surface area (Å²) in [5.74, 6) is 0.0925. The Bertz CT molecular complexity index is 957. The molecule has 0 radical (unpaired) electrons. The summed E-state index contributed by atoms with van der Waals surface area (Å²) in [5.41, 5.74) is 7.07. The molecule has 2 aromatic heterocycles. The molecule has 1 aliphatic heterocycles. The van der Waals surface area contributed by atoms with Gasteiger partial charge in [-0.1, -0.05) is 17.7 Å². The summed E-state index contributed by atoms with van der Waals surface area (Å²) in [7, 11) is 0. The maximum Gasteiger partial charge on any atom is 0.254 e. The van der Waals surface area contributed by atoms with E-state index < -0.39 is 0 Å². The van der Waals surface area contributed by atoms with Gasteiger partial charge in [0.15, 0.2) is 5.65 Å². The Kier molecular flexibility index (Phi) is 3.37. The number of aryl methyl sites for hydroxylation is 3. The van der Waals surface area contributed by atoms with E-state index in [0.29, 0.717) is 13.1 Å². The van der Waals surface area contributed by atoms with E-state index in [2.05, 4.69) is 16.1 Å². The Morgan fingerprint density at radius 3 is 2.79 bits per heavy atom. The van der Waals surface area contributed by atoms with Crippen LogP contribution in [0.15, 0.2) is 30.5 Å². The molecule has 3 aromatic rings. The Balaban J connectivity index is 1.66. The van der Waals surface area contributed by atoms with E-state index in [4.69, 9.17) is 0 Å². The van der Waals surface area contributed by atoms with E-state index in [1.165, 1.54) is 5.56 Å². The molecule has 1 aliphatic rings. The van der Waals surface area contributed by atoms with E-state index in [-0.39, 0.29) is 5.91 Å². The fraction of sp³-hybridized carbons (Fsp3) is 0.316. The number of fused-ring (bicyclic) bond motifs is 3. The van der Waals surface area contributed by atoms with Gasteiger partial charge in [0.1, 0.15) is 0 Å². The Hall–Kier alpha value is -2.69. The SMILES string of the molecule is Cc1ccc(C(=O)N2CCc3c(cnc4cc(C)nn34)C2)c(C)c1. The predicted octanol–water partition coefficient (Wildman–Crippen LogP) is 2.85. The average Bonchev–Trinajstić information content (AvgIpc) is 2.94. The van der Waals surface area contributed by atoms with Crippen LogP contribution in [0.25, 0.3) is 5.65 Å². The van der Waals surface area contributed by atoms with Crippen molar-refractivity contribution in [3.63, 3.8) is 0 Å². The smallest absolute Gasteiger partial charge is 0.254 e. The van der Waals surface area contributed by atoms with Crippen LogP contribution >= 0.6 is 0 Å². The van der Waals surface area contributed by atoms with Gasteiger partial charge in [-0.15, -0.1) is 0 Å². The van der Waals surface area contributed by atoms with E-state index in [1.54, 1.807) is 0 Å². The molecule has 0 N–H and O–H groups in total. The molecule has 4 rings (SSSR count). The van der Waals surface area contributed by atoms with Crippen LogP contribution in [0.4, 0.5) is 0 Å². The summed E-state index contributed by atoms with van der Waals surface area (Å²) >= 11 is 0. The molecule has 122 valence electrons. The molecule has 24 heavy (non-hydrogen) atoms. The number of hydrogen-bond donors (Lipinski definition) is 0. The second-order valence-corrected chi connectivity index (χ2v) is 6.58. The fourth-order valence-electron chi connectivity index (χ4n) is 3.45. The van der Waals surface area contributed by atoms with Gasteiger partial charge in [-0.2, -0.15) is 5.10 Å². The van der Waals surface area contributed by atoms with Crippen molar-refractivity contribution in [1.82, 2.24) is 19.5 Å². The van der Waals surface area contributed by atoms with Crippen molar-refractivity contribution < 1.29 is 4.79 Å². The molecule has 0 atom stereocenters. The number of rotatable bonds is 1. The first-order valence-corrected chi connectivity index (χ1v) is 8.22. The van der Waals surface area contributed by atoms with Gasteiger partial charge in [-0.05, 0) is 32.4 Å². The van der Waals surface area contributed by atoms with Crippen LogP contribution in [0.5, 0.6) is 0 Å². The second kappa shape index (κ2) is 5.44. The number of benzene rings is 1. The van der Waals surface area contributed by atoms with Crippen LogP contribution in [0.3, 0.4) is 0 Å². The molecule has 5 heteroatoms. The standard InChI is InChI=1S/C19H20N4O/c1-12-4-5-16(13(2)8-12)19(24)22-7-6-17-15(11-22)10-20-18-9-14(3)21-23(17)18/h4-5,8-10H,6-7,11H2,1-3H3. The third-order valence-corrected chi connectivity index (χ3v) is 4.67. The zero-order valence-electron chi connectivity index (χ0n) is 14.2. The van der Waals surface area contributed by atoms with Crippen molar-refractivity contribution >= 4 is 11.6 Å². The highest BCUT2D eigenvalue weighted by molar-refractivity contribution is 5.95. The van der Waals surface area contributed by atoms with Crippen LogP contribution in [0, 0.1) is 20.8 Å². The first-order chi connectivity index (χ1) is 11.5. The Morgan fingerprint density at radius 1 is 1.17 bits per heavy atom. The molecule has 3 heterocycles. The minimum Gasteiger partial charge on any atom is -0.334 e. The Morgan fingerprint density at radius 2 is 2.00 bits per heavy atom. The topological polar surface area (TPSA) is 50.5 Å². The van der Waals surface area contributed by atoms with Crippen LogP contribution in [0.1, 0.15) is 38.4 Å². The summed E-state index contributed by atoms with van der Waals surface area (Å²) in [4.78, 5) is 19.3. The largest absolute Gasteiger partial charge is 0.334 e. The molecule has 0 saturated carbocycles. The lowest BCUT2D eigenvalue weighted by atomic mass is 10.0. The average molecular weight is 320 g/mol. The first kappa shape index (κ1) is 14.9. The van der Waals surface area contributed by atoms with Gasteiger partial charge in [0.2, 0.25) is 0 Å².